The molecule has 0 aromatic heterocycles. The van der Waals surface area contributed by atoms with E-state index in [2.05, 4.69) is 38.2 Å². The van der Waals surface area contributed by atoms with E-state index >= 15 is 0 Å². The van der Waals surface area contributed by atoms with Gasteiger partial charge in [0.25, 0.3) is 0 Å². The molecule has 0 radical (unpaired) electrons. The summed E-state index contributed by atoms with van der Waals surface area (Å²) in [5, 5.41) is 2.95. The number of benzene rings is 1. The van der Waals surface area contributed by atoms with Gasteiger partial charge in [0.15, 0.2) is 0 Å². The van der Waals surface area contributed by atoms with E-state index in [4.69, 9.17) is 49.7 Å². The summed E-state index contributed by atoms with van der Waals surface area (Å²) in [6.45, 7) is 8.43. The largest absolute Gasteiger partial charge is 1.00 e. The first-order chi connectivity index (χ1) is 9.31. The molecule has 1 N–H and O–H groups in total. The van der Waals surface area contributed by atoms with Crippen LogP contribution in [0.2, 0.25) is 0 Å². The van der Waals surface area contributed by atoms with E-state index in [1.165, 1.54) is 22.3 Å². The molecule has 0 saturated carbocycles. The Labute approximate surface area is 200 Å². The smallest absolute Gasteiger partial charge is 0.412 e. The molecule has 0 atom stereocenters. The molecule has 0 aliphatic carbocycles. The summed E-state index contributed by atoms with van der Waals surface area (Å²) in [4.78, 5) is 1.99. The number of hydrogen-bond donors (Lipinski definition) is 1. The van der Waals surface area contributed by atoms with Crippen LogP contribution >= 0.6 is 24.4 Å². The molecule has 110 valence electrons. The summed E-state index contributed by atoms with van der Waals surface area (Å²) in [5.74, 6) is 0. The molecule has 8 heteroatoms. The van der Waals surface area contributed by atoms with E-state index in [0.717, 1.165) is 6.54 Å². The predicted molar refractivity (Wildman–Crippen MR) is 99.0 cm³/mol. The zero-order valence-corrected chi connectivity index (χ0v) is 21.1. The van der Waals surface area contributed by atoms with Gasteiger partial charge in [-0.25, -0.2) is 0 Å². The molecular formula is C14H18N2Na2S4. The second-order valence-corrected chi connectivity index (χ2v) is 6.87. The number of nitrogens with zero attached hydrogens (tertiary/aromatic N) is 1. The monoisotopic (exact) mass is 388 g/mol. The second-order valence-electron chi connectivity index (χ2n) is 4.76. The van der Waals surface area contributed by atoms with Crippen molar-refractivity contribution in [1.82, 2.24) is 10.2 Å². The maximum Gasteiger partial charge on any atom is 1.00 e. The Kier molecular flexibility index (Phi) is 14.9. The minimum atomic E-state index is 0. The average Bonchev–Trinajstić information content (AvgIpc) is 2.33. The van der Waals surface area contributed by atoms with E-state index in [9.17, 15) is 0 Å². The minimum Gasteiger partial charge on any atom is -0.412 e. The Balaban J connectivity index is 0. The SMILES string of the molecule is Cc1cc(C)c(CN(CCNC(=S)[S-])C(=S)[S-])cc1C.[Na+].[Na+]. The van der Waals surface area contributed by atoms with E-state index < -0.39 is 0 Å². The van der Waals surface area contributed by atoms with Crippen molar-refractivity contribution in [2.45, 2.75) is 27.3 Å². The number of aryl methyl sites for hydroxylation is 3. The minimum absolute atomic E-state index is 0. The van der Waals surface area contributed by atoms with Crippen molar-refractivity contribution in [2.24, 2.45) is 0 Å². The zero-order chi connectivity index (χ0) is 15.3. The van der Waals surface area contributed by atoms with E-state index in [0.29, 0.717) is 21.7 Å². The molecule has 2 nitrogen and oxygen atoms in total. The Morgan fingerprint density at radius 3 is 2.09 bits per heavy atom. The van der Waals surface area contributed by atoms with Crippen LogP contribution in [0.3, 0.4) is 0 Å². The first kappa shape index (κ1) is 25.7. The fourth-order valence-corrected chi connectivity index (χ4v) is 2.44. The van der Waals surface area contributed by atoms with E-state index in [-0.39, 0.29) is 59.1 Å². The Morgan fingerprint density at radius 2 is 1.59 bits per heavy atom. The van der Waals surface area contributed by atoms with E-state index in [1.54, 1.807) is 0 Å². The van der Waals surface area contributed by atoms with Crippen molar-refractivity contribution < 1.29 is 59.1 Å². The molecule has 0 unspecified atom stereocenters. The van der Waals surface area contributed by atoms with Gasteiger partial charge in [0, 0.05) is 19.6 Å². The zero-order valence-electron chi connectivity index (χ0n) is 13.9. The van der Waals surface area contributed by atoms with Gasteiger partial charge in [-0.15, -0.1) is 0 Å². The summed E-state index contributed by atoms with van der Waals surface area (Å²) in [6, 6.07) is 4.41. The molecule has 1 rings (SSSR count). The van der Waals surface area contributed by atoms with Gasteiger partial charge >= 0.3 is 59.1 Å². The van der Waals surface area contributed by atoms with Crippen LogP contribution < -0.4 is 64.4 Å². The number of hydrogen-bond acceptors (Lipinski definition) is 4. The van der Waals surface area contributed by atoms with Crippen LogP contribution in [0.25, 0.3) is 0 Å². The van der Waals surface area contributed by atoms with Crippen LogP contribution in [0.4, 0.5) is 0 Å². The number of nitrogens with one attached hydrogen (secondary N) is 1. The van der Waals surface area contributed by atoms with Crippen LogP contribution in [0.15, 0.2) is 12.1 Å². The first-order valence-electron chi connectivity index (χ1n) is 6.28. The third kappa shape index (κ3) is 9.06. The second kappa shape index (κ2) is 12.8. The normalized spacial score (nSPS) is 9.23. The summed E-state index contributed by atoms with van der Waals surface area (Å²) in [6.07, 6.45) is 0. The maximum atomic E-state index is 5.15. The van der Waals surface area contributed by atoms with E-state index in [1.807, 2.05) is 4.90 Å². The number of rotatable bonds is 5. The Morgan fingerprint density at radius 1 is 1.05 bits per heavy atom. The summed E-state index contributed by atoms with van der Waals surface area (Å²) in [5.41, 5.74) is 5.10. The van der Waals surface area contributed by atoms with Crippen molar-refractivity contribution >= 4 is 58.3 Å². The summed E-state index contributed by atoms with van der Waals surface area (Å²) in [7, 11) is 0. The van der Waals surface area contributed by atoms with Crippen LogP contribution in [0.1, 0.15) is 22.3 Å². The van der Waals surface area contributed by atoms with Gasteiger partial charge in [0.1, 0.15) is 0 Å². The van der Waals surface area contributed by atoms with Gasteiger partial charge in [-0.3, -0.25) is 0 Å². The van der Waals surface area contributed by atoms with Crippen LogP contribution in [-0.2, 0) is 31.8 Å². The molecule has 22 heavy (non-hydrogen) atoms. The van der Waals surface area contributed by atoms with Crippen LogP contribution in [0, 0.1) is 20.8 Å². The third-order valence-electron chi connectivity index (χ3n) is 3.22. The predicted octanol–water partition coefficient (Wildman–Crippen LogP) is -3.32. The molecule has 0 aliphatic heterocycles. The molecule has 0 aliphatic rings. The van der Waals surface area contributed by atoms with Crippen molar-refractivity contribution in [3.8, 4) is 0 Å². The average molecular weight is 389 g/mol. The summed E-state index contributed by atoms with van der Waals surface area (Å²) < 4.78 is 0.849. The molecule has 0 spiro atoms. The van der Waals surface area contributed by atoms with Crippen molar-refractivity contribution in [1.29, 1.82) is 0 Å². The van der Waals surface area contributed by atoms with Crippen molar-refractivity contribution in [3.63, 3.8) is 0 Å². The first-order valence-corrected chi connectivity index (χ1v) is 7.92. The Bertz CT molecular complexity index is 524. The third-order valence-corrected chi connectivity index (χ3v) is 4.03. The topological polar surface area (TPSA) is 15.3 Å². The molecule has 1 aromatic rings. The molecule has 1 aromatic carbocycles. The van der Waals surface area contributed by atoms with Gasteiger partial charge in [-0.05, 0) is 43.0 Å². The van der Waals surface area contributed by atoms with Crippen LogP contribution in [0.5, 0.6) is 0 Å². The van der Waals surface area contributed by atoms with Gasteiger partial charge in [0.05, 0.1) is 0 Å². The maximum absolute atomic E-state index is 5.15. The molecular weight excluding hydrogens is 370 g/mol. The van der Waals surface area contributed by atoms with Crippen molar-refractivity contribution in [2.75, 3.05) is 13.1 Å². The fourth-order valence-electron chi connectivity index (χ4n) is 1.92. The Hall–Kier alpha value is 1.44. The van der Waals surface area contributed by atoms with Gasteiger partial charge in [0.2, 0.25) is 0 Å². The quantitative estimate of drug-likeness (QED) is 0.320. The number of thiocarbonyl (C=S) groups is 2. The van der Waals surface area contributed by atoms with Crippen LogP contribution in [-0.4, -0.2) is 26.6 Å². The van der Waals surface area contributed by atoms with Gasteiger partial charge in [-0.1, -0.05) is 20.8 Å². The van der Waals surface area contributed by atoms with Crippen molar-refractivity contribution in [3.05, 3.63) is 34.4 Å². The molecule has 0 saturated heterocycles. The molecule has 0 bridgehead atoms. The van der Waals surface area contributed by atoms with Gasteiger partial charge < -0.3 is 59.9 Å². The molecule has 0 heterocycles. The van der Waals surface area contributed by atoms with Gasteiger partial charge in [-0.2, -0.15) is 0 Å². The molecule has 0 fully saturated rings. The fraction of sp³-hybridized carbons (Fsp3) is 0.429. The summed E-state index contributed by atoms with van der Waals surface area (Å²) >= 11 is 19.9. The molecule has 0 amide bonds. The standard InChI is InChI=1S/C14H20N2S4.2Na/c1-9-6-11(3)12(7-10(9)2)8-16(14(19)20)5-4-15-13(17)18;;/h6-7H,4-5,8H2,1-3H3,(H,19,20)(H2,15,17,18);;/q;2*+1/p-2.